The summed E-state index contributed by atoms with van der Waals surface area (Å²) < 4.78 is 82.5. The van der Waals surface area contributed by atoms with Gasteiger partial charge in [0.25, 0.3) is 0 Å². The monoisotopic (exact) mass is 689 g/mol. The Hall–Kier alpha value is -2.71. The summed E-state index contributed by atoms with van der Waals surface area (Å²) in [7, 11) is -5.12. The van der Waals surface area contributed by atoms with Crippen LogP contribution in [0.2, 0.25) is 0 Å². The van der Waals surface area contributed by atoms with E-state index in [-0.39, 0.29) is 29.4 Å². The zero-order valence-corrected chi connectivity index (χ0v) is 24.8. The topological polar surface area (TPSA) is 223 Å². The van der Waals surface area contributed by atoms with E-state index in [4.69, 9.17) is 50.8 Å². The molecule has 0 bridgehead atoms. The molecule has 0 radical (unpaired) electrons. The Morgan fingerprint density at radius 1 is 1.00 bits per heavy atom. The molecule has 0 aliphatic carbocycles. The summed E-state index contributed by atoms with van der Waals surface area (Å²) in [6.07, 6.45) is -8.64. The minimum Gasteiger partial charge on any atom is -0.397 e. The number of carbonyl (C=O) groups is 1. The average molecular weight is 689 g/mol. The number of hydrogen-bond donors (Lipinski definition) is 3. The van der Waals surface area contributed by atoms with Gasteiger partial charge in [-0.1, -0.05) is 0 Å². The second kappa shape index (κ2) is 11.2. The fraction of sp³-hybridized carbons (Fsp3) is 0.500. The summed E-state index contributed by atoms with van der Waals surface area (Å²) in [5, 5.41) is 0. The molecule has 7 heterocycles. The number of pyridine rings is 1. The van der Waals surface area contributed by atoms with E-state index >= 15 is 8.78 Å². The Labute approximate surface area is 258 Å². The van der Waals surface area contributed by atoms with Gasteiger partial charge < -0.3 is 44.0 Å². The molecule has 5 N–H and O–H groups in total. The Kier molecular flexibility index (Phi) is 7.71. The molecule has 3 aromatic heterocycles. The van der Waals surface area contributed by atoms with Crippen molar-refractivity contribution in [1.82, 2.24) is 24.1 Å². The van der Waals surface area contributed by atoms with Crippen LogP contribution in [0.3, 0.4) is 0 Å². The molecule has 0 aromatic carbocycles. The van der Waals surface area contributed by atoms with Crippen molar-refractivity contribution in [2.45, 2.75) is 55.6 Å². The third-order valence-corrected chi connectivity index (χ3v) is 9.74. The predicted octanol–water partition coefficient (Wildman–Crippen LogP) is 0.464. The van der Waals surface area contributed by atoms with Crippen LogP contribution in [-0.2, 0) is 43.9 Å². The van der Waals surface area contributed by atoms with Gasteiger partial charge in [0.1, 0.15) is 43.2 Å². The Morgan fingerprint density at radius 2 is 1.64 bits per heavy atom. The van der Waals surface area contributed by atoms with Crippen molar-refractivity contribution in [3.8, 4) is 0 Å². The first-order valence-corrected chi connectivity index (χ1v) is 16.7. The van der Waals surface area contributed by atoms with E-state index in [2.05, 4.69) is 19.9 Å². The summed E-state index contributed by atoms with van der Waals surface area (Å²) >= 11 is 5.18. The number of halogens is 2. The van der Waals surface area contributed by atoms with Crippen LogP contribution in [-0.4, -0.2) is 98.1 Å². The fourth-order valence-corrected chi connectivity index (χ4v) is 7.60. The third kappa shape index (κ3) is 5.54. The molecule has 4 aliphatic rings. The number of aliphatic imine (C=N–C) groups is 1. The Morgan fingerprint density at radius 3 is 2.38 bits per heavy atom. The fourth-order valence-electron chi connectivity index (χ4n) is 5.38. The van der Waals surface area contributed by atoms with Gasteiger partial charge in [0.2, 0.25) is 0 Å². The quantitative estimate of drug-likeness (QED) is 0.246. The molecule has 10 atom stereocenters. The molecule has 3 fully saturated rings. The maximum Gasteiger partial charge on any atom is 0.325 e. The molecule has 3 aromatic rings. The number of carbonyl (C=O) groups excluding carboxylic acids is 1. The molecule has 23 heteroatoms. The molecule has 2 unspecified atom stereocenters. The Balaban J connectivity index is 1.16. The lowest BCUT2D eigenvalue weighted by Gasteiger charge is -2.31. The second-order valence-electron chi connectivity index (χ2n) is 10.2. The number of anilines is 1. The van der Waals surface area contributed by atoms with E-state index < -0.39 is 90.0 Å². The van der Waals surface area contributed by atoms with Gasteiger partial charge in [0.05, 0.1) is 45.5 Å². The second-order valence-corrected chi connectivity index (χ2v) is 13.9. The van der Waals surface area contributed by atoms with Crippen molar-refractivity contribution >= 4 is 67.9 Å². The first kappa shape index (κ1) is 30.9. The largest absolute Gasteiger partial charge is 0.397 e. The maximum absolute atomic E-state index is 16.1. The highest BCUT2D eigenvalue weighted by atomic mass is 32.5. The molecular formula is C22H26BF2N8O9P2S-. The van der Waals surface area contributed by atoms with Gasteiger partial charge in [0, 0.05) is 6.20 Å². The molecule has 4 aliphatic heterocycles. The standard InChI is InChI=1S/C22H26BF2N8O9P2S/c23-43(35)37-4-10-18(14(25)21(39-10)32-6-29-15-8(26)1-2-28-19(15)32)42-44(36,45)38-5-11-17(41-43)13(24)22(40-11)33-7-30-16-9(34)3-12(27)31-20(16)33/h1-2,6-7,10-11,13-14,17-18,21-22H,3-5H2,23H3,(H2,26,28)(H2,27,31)(H,36,45)/q-1/t10?,11-,13-,14-,17-,18-,21-,22-,43+,44?/m1/s1. The number of ether oxygens (including phenoxy) is 2. The van der Waals surface area contributed by atoms with Gasteiger partial charge in [-0.3, -0.25) is 18.5 Å². The average Bonchev–Trinajstić information content (AvgIpc) is 3.72. The zero-order valence-electron chi connectivity index (χ0n) is 22.2. The summed E-state index contributed by atoms with van der Waals surface area (Å²) in [5.41, 5.74) is 12.6. The van der Waals surface area contributed by atoms with Gasteiger partial charge in [-0.15, -0.1) is 0 Å². The number of nitrogens with two attached hydrogens (primary N) is 2. The van der Waals surface area contributed by atoms with Crippen LogP contribution >= 0.6 is 14.2 Å². The van der Waals surface area contributed by atoms with Crippen molar-refractivity contribution < 1.29 is 50.6 Å². The van der Waals surface area contributed by atoms with E-state index in [0.717, 1.165) is 0 Å². The number of Topliss-reactive ketones (excluding diaryl/α,β-unsaturated/α-hetero) is 1. The third-order valence-electron chi connectivity index (χ3n) is 7.41. The van der Waals surface area contributed by atoms with Gasteiger partial charge in [-0.05, 0) is 17.9 Å². The molecule has 7 rings (SSSR count). The van der Waals surface area contributed by atoms with Crippen LogP contribution in [0, 0.1) is 0 Å². The van der Waals surface area contributed by atoms with Gasteiger partial charge in [-0.25, -0.2) is 28.7 Å². The normalized spacial score (nSPS) is 39.0. The molecule has 0 amide bonds. The van der Waals surface area contributed by atoms with E-state index in [1.165, 1.54) is 34.1 Å². The number of aromatic nitrogens is 5. The highest BCUT2D eigenvalue weighted by Crippen LogP contribution is 2.54. The van der Waals surface area contributed by atoms with Crippen LogP contribution in [0.25, 0.3) is 11.2 Å². The molecule has 0 spiro atoms. The van der Waals surface area contributed by atoms with Crippen LogP contribution in [0.1, 0.15) is 29.4 Å². The SMILES string of the molecule is [BH3-][P@]1(=O)OCC2O[C@@H](n3cnc4c(N)ccnc43)[C@H](F)[C@@H]2OP(O)(=S)OC[C@H]2O[C@@H](n3cnc4c3N=C(N)CC4=O)[C@H](F)[C@@H]2O1. The number of rotatable bonds is 2. The van der Waals surface area contributed by atoms with E-state index in [9.17, 15) is 14.3 Å². The summed E-state index contributed by atoms with van der Waals surface area (Å²) in [6.45, 7) is -5.34. The van der Waals surface area contributed by atoms with Crippen molar-refractivity contribution in [3.05, 3.63) is 30.6 Å². The summed E-state index contributed by atoms with van der Waals surface area (Å²) in [4.78, 5) is 39.9. The van der Waals surface area contributed by atoms with Crippen molar-refractivity contribution in [3.63, 3.8) is 0 Å². The number of hydrogen-bond acceptors (Lipinski definition) is 15. The first-order valence-electron chi connectivity index (χ1n) is 13.0. The maximum atomic E-state index is 16.1. The number of nitrogens with zero attached hydrogens (tertiary/aromatic N) is 6. The summed E-state index contributed by atoms with van der Waals surface area (Å²) in [5.74, 6) is -0.407. The highest BCUT2D eigenvalue weighted by Gasteiger charge is 2.53. The summed E-state index contributed by atoms with van der Waals surface area (Å²) in [6, 6.07) is 1.54. The predicted molar refractivity (Wildman–Crippen MR) is 158 cm³/mol. The minimum atomic E-state index is -4.24. The number of fused-ring (bicyclic) bond motifs is 4. The van der Waals surface area contributed by atoms with Gasteiger partial charge in [-0.2, -0.15) is 0 Å². The minimum absolute atomic E-state index is 0.0110. The van der Waals surface area contributed by atoms with E-state index in [1.807, 2.05) is 0 Å². The number of amidine groups is 1. The lowest BCUT2D eigenvalue weighted by atomic mass is 10.1. The van der Waals surface area contributed by atoms with Crippen LogP contribution in [0.4, 0.5) is 20.3 Å². The molecule has 45 heavy (non-hydrogen) atoms. The Bertz CT molecular complexity index is 1820. The first-order chi connectivity index (χ1) is 21.3. The molecule has 17 nitrogen and oxygen atoms in total. The zero-order chi connectivity index (χ0) is 31.8. The van der Waals surface area contributed by atoms with E-state index in [1.54, 1.807) is 0 Å². The van der Waals surface area contributed by atoms with Gasteiger partial charge in [0.15, 0.2) is 47.7 Å². The number of imidazole rings is 2. The molecular weight excluding hydrogens is 663 g/mol. The lowest BCUT2D eigenvalue weighted by molar-refractivity contribution is -0.0568. The number of alkyl halides is 2. The highest BCUT2D eigenvalue weighted by molar-refractivity contribution is 8.07. The lowest BCUT2D eigenvalue weighted by Crippen LogP contribution is -2.37. The smallest absolute Gasteiger partial charge is 0.325 e. The molecule has 242 valence electrons. The molecule has 3 saturated heterocycles. The van der Waals surface area contributed by atoms with Crippen LogP contribution in [0.5, 0.6) is 0 Å². The van der Waals surface area contributed by atoms with Crippen LogP contribution < -0.4 is 11.5 Å². The van der Waals surface area contributed by atoms with Crippen molar-refractivity contribution in [1.29, 1.82) is 0 Å². The number of nitrogen functional groups attached to an aromatic ring is 1. The van der Waals surface area contributed by atoms with Crippen LogP contribution in [0.15, 0.2) is 29.9 Å². The number of ketones is 1. The van der Waals surface area contributed by atoms with Gasteiger partial charge >= 0.3 is 6.72 Å². The van der Waals surface area contributed by atoms with Crippen molar-refractivity contribution in [2.24, 2.45) is 10.7 Å². The van der Waals surface area contributed by atoms with Crippen molar-refractivity contribution in [2.75, 3.05) is 18.9 Å². The molecule has 0 saturated carbocycles. The van der Waals surface area contributed by atoms with E-state index in [0.29, 0.717) is 11.2 Å².